The van der Waals surface area contributed by atoms with Gasteiger partial charge in [-0.05, 0) is 45.7 Å². The first-order valence-corrected chi connectivity index (χ1v) is 9.83. The summed E-state index contributed by atoms with van der Waals surface area (Å²) in [6.45, 7) is 10.5. The van der Waals surface area contributed by atoms with Crippen LogP contribution in [0.3, 0.4) is 0 Å². The SMILES string of the molecule is CCNC(=NCC1COc2ccccc2O1)NCCN(C(C)C)C1CC1.I. The van der Waals surface area contributed by atoms with Gasteiger partial charge in [-0.1, -0.05) is 12.1 Å². The second kappa shape index (κ2) is 10.9. The average molecular weight is 488 g/mol. The molecule has 0 aromatic heterocycles. The van der Waals surface area contributed by atoms with Crippen molar-refractivity contribution in [3.8, 4) is 11.5 Å². The number of hydrogen-bond donors (Lipinski definition) is 2. The Hall–Kier alpha value is -1.22. The van der Waals surface area contributed by atoms with Crippen molar-refractivity contribution in [1.82, 2.24) is 15.5 Å². The van der Waals surface area contributed by atoms with Gasteiger partial charge in [0.05, 0.1) is 6.54 Å². The molecule has 1 aliphatic heterocycles. The van der Waals surface area contributed by atoms with Crippen LogP contribution in [0.25, 0.3) is 0 Å². The quantitative estimate of drug-likeness (QED) is 0.335. The van der Waals surface area contributed by atoms with E-state index in [-0.39, 0.29) is 30.1 Å². The largest absolute Gasteiger partial charge is 0.486 e. The first-order chi connectivity index (χ1) is 12.7. The van der Waals surface area contributed by atoms with E-state index in [0.29, 0.717) is 19.2 Å². The van der Waals surface area contributed by atoms with Crippen molar-refractivity contribution in [1.29, 1.82) is 0 Å². The second-order valence-electron chi connectivity index (χ2n) is 7.21. The number of para-hydroxylation sites is 2. The Balaban J connectivity index is 0.00000261. The van der Waals surface area contributed by atoms with Gasteiger partial charge < -0.3 is 20.1 Å². The van der Waals surface area contributed by atoms with Gasteiger partial charge in [0.15, 0.2) is 23.6 Å². The lowest BCUT2D eigenvalue weighted by Crippen LogP contribution is -2.44. The molecule has 1 aromatic rings. The van der Waals surface area contributed by atoms with Crippen LogP contribution in [-0.4, -0.2) is 61.8 Å². The van der Waals surface area contributed by atoms with E-state index in [4.69, 9.17) is 9.47 Å². The van der Waals surface area contributed by atoms with Crippen LogP contribution in [0.5, 0.6) is 11.5 Å². The summed E-state index contributed by atoms with van der Waals surface area (Å²) < 4.78 is 11.7. The smallest absolute Gasteiger partial charge is 0.191 e. The van der Waals surface area contributed by atoms with E-state index in [0.717, 1.165) is 43.1 Å². The molecule has 1 fully saturated rings. The highest BCUT2D eigenvalue weighted by atomic mass is 127. The number of halogens is 1. The number of ether oxygens (including phenoxy) is 2. The number of benzene rings is 1. The third-order valence-electron chi connectivity index (χ3n) is 4.71. The summed E-state index contributed by atoms with van der Waals surface area (Å²) in [4.78, 5) is 7.26. The van der Waals surface area contributed by atoms with Crippen molar-refractivity contribution >= 4 is 29.9 Å². The average Bonchev–Trinajstić information content (AvgIpc) is 3.47. The molecule has 1 atom stereocenters. The molecule has 0 spiro atoms. The summed E-state index contributed by atoms with van der Waals surface area (Å²) >= 11 is 0. The van der Waals surface area contributed by atoms with E-state index in [9.17, 15) is 0 Å². The van der Waals surface area contributed by atoms with Crippen molar-refractivity contribution in [2.75, 3.05) is 32.8 Å². The fraction of sp³-hybridized carbons (Fsp3) is 0.650. The first kappa shape index (κ1) is 22.1. The van der Waals surface area contributed by atoms with E-state index in [2.05, 4.69) is 41.3 Å². The van der Waals surface area contributed by atoms with Crippen molar-refractivity contribution in [3.63, 3.8) is 0 Å². The number of rotatable bonds is 8. The van der Waals surface area contributed by atoms with Gasteiger partial charge in [-0.15, -0.1) is 24.0 Å². The molecular formula is C20H33IN4O2. The van der Waals surface area contributed by atoms with Crippen LogP contribution >= 0.6 is 24.0 Å². The molecule has 0 amide bonds. The highest BCUT2D eigenvalue weighted by Gasteiger charge is 2.30. The zero-order valence-corrected chi connectivity index (χ0v) is 18.9. The lowest BCUT2D eigenvalue weighted by Gasteiger charge is -2.27. The number of aliphatic imine (C=N–C) groups is 1. The lowest BCUT2D eigenvalue weighted by molar-refractivity contribution is 0.0971. The predicted molar refractivity (Wildman–Crippen MR) is 121 cm³/mol. The number of nitrogens with zero attached hydrogens (tertiary/aromatic N) is 2. The summed E-state index contributed by atoms with van der Waals surface area (Å²) in [6.07, 6.45) is 2.62. The molecule has 1 saturated carbocycles. The second-order valence-corrected chi connectivity index (χ2v) is 7.21. The van der Waals surface area contributed by atoms with Gasteiger partial charge in [0.25, 0.3) is 0 Å². The van der Waals surface area contributed by atoms with Crippen molar-refractivity contribution in [3.05, 3.63) is 24.3 Å². The van der Waals surface area contributed by atoms with Gasteiger partial charge in [0.1, 0.15) is 6.61 Å². The molecule has 2 N–H and O–H groups in total. The minimum absolute atomic E-state index is 0. The molecule has 1 aliphatic carbocycles. The standard InChI is InChI=1S/C20H32N4O2.HI/c1-4-21-20(22-11-12-24(15(2)3)16-9-10-16)23-13-17-14-25-18-7-5-6-8-19(18)26-17;/h5-8,15-17H,4,9-14H2,1-3H3,(H2,21,22,23);1H. The van der Waals surface area contributed by atoms with Gasteiger partial charge in [-0.2, -0.15) is 0 Å². The normalized spacial score (nSPS) is 19.0. The molecule has 1 heterocycles. The third kappa shape index (κ3) is 6.71. The Morgan fingerprint density at radius 1 is 1.22 bits per heavy atom. The van der Waals surface area contributed by atoms with E-state index in [1.807, 2.05) is 24.3 Å². The fourth-order valence-corrected chi connectivity index (χ4v) is 3.26. The maximum absolute atomic E-state index is 5.98. The summed E-state index contributed by atoms with van der Waals surface area (Å²) in [6, 6.07) is 9.16. The molecule has 2 aliphatic rings. The molecule has 0 bridgehead atoms. The molecule has 1 unspecified atom stereocenters. The fourth-order valence-electron chi connectivity index (χ4n) is 3.26. The van der Waals surface area contributed by atoms with Gasteiger partial charge in [-0.3, -0.25) is 4.90 Å². The topological polar surface area (TPSA) is 58.1 Å². The number of guanidine groups is 1. The maximum atomic E-state index is 5.98. The van der Waals surface area contributed by atoms with Crippen LogP contribution in [0.1, 0.15) is 33.6 Å². The first-order valence-electron chi connectivity index (χ1n) is 9.83. The highest BCUT2D eigenvalue weighted by Crippen LogP contribution is 2.31. The minimum Gasteiger partial charge on any atom is -0.486 e. The predicted octanol–water partition coefficient (Wildman–Crippen LogP) is 2.87. The molecular weight excluding hydrogens is 455 g/mol. The molecule has 152 valence electrons. The van der Waals surface area contributed by atoms with Crippen LogP contribution < -0.4 is 20.1 Å². The van der Waals surface area contributed by atoms with Crippen molar-refractivity contribution < 1.29 is 9.47 Å². The highest BCUT2D eigenvalue weighted by molar-refractivity contribution is 14.0. The Bertz CT molecular complexity index is 605. The van der Waals surface area contributed by atoms with Gasteiger partial charge >= 0.3 is 0 Å². The van der Waals surface area contributed by atoms with Gasteiger partial charge in [-0.25, -0.2) is 4.99 Å². The molecule has 0 saturated heterocycles. The molecule has 1 aromatic carbocycles. The summed E-state index contributed by atoms with van der Waals surface area (Å²) in [5, 5.41) is 6.76. The summed E-state index contributed by atoms with van der Waals surface area (Å²) in [5.41, 5.74) is 0. The van der Waals surface area contributed by atoms with Crippen molar-refractivity contribution in [2.45, 2.75) is 51.8 Å². The summed E-state index contributed by atoms with van der Waals surface area (Å²) in [5.74, 6) is 2.45. The zero-order chi connectivity index (χ0) is 18.4. The Labute approximate surface area is 180 Å². The molecule has 7 heteroatoms. The monoisotopic (exact) mass is 488 g/mol. The van der Waals surface area contributed by atoms with Crippen LogP contribution in [0.15, 0.2) is 29.3 Å². The molecule has 3 rings (SSSR count). The number of nitrogens with one attached hydrogen (secondary N) is 2. The minimum atomic E-state index is -0.0565. The maximum Gasteiger partial charge on any atom is 0.191 e. The van der Waals surface area contributed by atoms with Crippen molar-refractivity contribution in [2.24, 2.45) is 4.99 Å². The summed E-state index contributed by atoms with van der Waals surface area (Å²) in [7, 11) is 0. The zero-order valence-electron chi connectivity index (χ0n) is 16.6. The van der Waals surface area contributed by atoms with Crippen LogP contribution in [-0.2, 0) is 0 Å². The van der Waals surface area contributed by atoms with Gasteiger partial charge in [0.2, 0.25) is 0 Å². The van der Waals surface area contributed by atoms with Gasteiger partial charge in [0, 0.05) is 31.7 Å². The Morgan fingerprint density at radius 3 is 2.63 bits per heavy atom. The van der Waals surface area contributed by atoms with E-state index < -0.39 is 0 Å². The Kier molecular flexibility index (Phi) is 8.95. The van der Waals surface area contributed by atoms with E-state index in [1.54, 1.807) is 0 Å². The molecule has 6 nitrogen and oxygen atoms in total. The third-order valence-corrected chi connectivity index (χ3v) is 4.71. The lowest BCUT2D eigenvalue weighted by atomic mass is 10.2. The number of fused-ring (bicyclic) bond motifs is 1. The number of hydrogen-bond acceptors (Lipinski definition) is 4. The van der Waals surface area contributed by atoms with E-state index in [1.165, 1.54) is 12.8 Å². The van der Waals surface area contributed by atoms with Crippen LogP contribution in [0.4, 0.5) is 0 Å². The van der Waals surface area contributed by atoms with Crippen LogP contribution in [0.2, 0.25) is 0 Å². The van der Waals surface area contributed by atoms with E-state index >= 15 is 0 Å². The van der Waals surface area contributed by atoms with Crippen LogP contribution in [0, 0.1) is 0 Å². The Morgan fingerprint density at radius 2 is 1.96 bits per heavy atom. The molecule has 0 radical (unpaired) electrons. The molecule has 27 heavy (non-hydrogen) atoms.